The Morgan fingerprint density at radius 3 is 2.24 bits per heavy atom. The Kier molecular flexibility index (Phi) is 10.6. The summed E-state index contributed by atoms with van der Waals surface area (Å²) < 4.78 is 10.1. The van der Waals surface area contributed by atoms with Gasteiger partial charge in [-0.2, -0.15) is 0 Å². The van der Waals surface area contributed by atoms with Crippen molar-refractivity contribution < 1.29 is 28.7 Å². The van der Waals surface area contributed by atoms with E-state index in [1.807, 2.05) is 26.0 Å². The van der Waals surface area contributed by atoms with Crippen LogP contribution in [0.1, 0.15) is 55.5 Å². The summed E-state index contributed by atoms with van der Waals surface area (Å²) in [6, 6.07) is 13.8. The fourth-order valence-corrected chi connectivity index (χ4v) is 2.79. The number of rotatable bonds is 12. The van der Waals surface area contributed by atoms with Gasteiger partial charge in [0.25, 0.3) is 5.91 Å². The molecule has 0 spiro atoms. The van der Waals surface area contributed by atoms with Crippen LogP contribution in [0.25, 0.3) is 0 Å². The second-order valence-corrected chi connectivity index (χ2v) is 7.38. The monoisotopic (exact) mass is 454 g/mol. The highest BCUT2D eigenvalue weighted by Gasteiger charge is 2.12. The molecule has 2 amide bonds. The zero-order chi connectivity index (χ0) is 24.1. The highest BCUT2D eigenvalue weighted by atomic mass is 16.5. The summed E-state index contributed by atoms with van der Waals surface area (Å²) in [7, 11) is 0. The van der Waals surface area contributed by atoms with Gasteiger partial charge in [-0.15, -0.1) is 0 Å². The first-order valence-corrected chi connectivity index (χ1v) is 11.0. The third-order valence-electron chi connectivity index (χ3n) is 4.68. The van der Waals surface area contributed by atoms with E-state index in [2.05, 4.69) is 10.6 Å². The van der Waals surface area contributed by atoms with Gasteiger partial charge in [0.1, 0.15) is 0 Å². The topological polar surface area (TPSA) is 111 Å². The number of anilines is 2. The molecule has 0 radical (unpaired) electrons. The predicted molar refractivity (Wildman–Crippen MR) is 125 cm³/mol. The van der Waals surface area contributed by atoms with Crippen molar-refractivity contribution >= 4 is 35.1 Å². The molecule has 0 aliphatic heterocycles. The molecule has 8 nitrogen and oxygen atoms in total. The number of aryl methyl sites for hydroxylation is 1. The standard InChI is InChI=1S/C25H30N2O6/c1-3-5-15-32-25(31)19-7-6-8-21(16-19)27-22(28)13-14-24(30)33-17-23(29)26-20-11-9-18(4-2)10-12-20/h6-12,16H,3-5,13-15,17H2,1-2H3,(H,26,29)(H,27,28). The van der Waals surface area contributed by atoms with Crippen LogP contribution < -0.4 is 10.6 Å². The fourth-order valence-electron chi connectivity index (χ4n) is 2.79. The third-order valence-corrected chi connectivity index (χ3v) is 4.68. The minimum atomic E-state index is -0.658. The zero-order valence-corrected chi connectivity index (χ0v) is 19.0. The van der Waals surface area contributed by atoms with Crippen molar-refractivity contribution in [2.75, 3.05) is 23.8 Å². The average Bonchev–Trinajstić information content (AvgIpc) is 2.82. The molecule has 176 valence electrons. The number of nitrogens with one attached hydrogen (secondary N) is 2. The second kappa shape index (κ2) is 13.7. The van der Waals surface area contributed by atoms with Crippen molar-refractivity contribution in [3.05, 3.63) is 59.7 Å². The lowest BCUT2D eigenvalue weighted by atomic mass is 10.1. The van der Waals surface area contributed by atoms with E-state index in [1.54, 1.807) is 30.3 Å². The summed E-state index contributed by atoms with van der Waals surface area (Å²) in [4.78, 5) is 47.9. The quantitative estimate of drug-likeness (QED) is 0.369. The van der Waals surface area contributed by atoms with Gasteiger partial charge in [-0.25, -0.2) is 4.79 Å². The van der Waals surface area contributed by atoms with Gasteiger partial charge in [0.2, 0.25) is 5.91 Å². The van der Waals surface area contributed by atoms with E-state index in [0.29, 0.717) is 23.5 Å². The molecule has 2 aromatic rings. The summed E-state index contributed by atoms with van der Waals surface area (Å²) in [5.41, 5.74) is 2.52. The SMILES string of the molecule is CCCCOC(=O)c1cccc(NC(=O)CCC(=O)OCC(=O)Nc2ccc(CC)cc2)c1. The van der Waals surface area contributed by atoms with E-state index >= 15 is 0 Å². The van der Waals surface area contributed by atoms with E-state index in [-0.39, 0.29) is 12.8 Å². The molecule has 0 saturated heterocycles. The number of carbonyl (C=O) groups is 4. The van der Waals surface area contributed by atoms with Crippen LogP contribution in [-0.4, -0.2) is 37.0 Å². The lowest BCUT2D eigenvalue weighted by Crippen LogP contribution is -2.21. The Bertz CT molecular complexity index is 956. The minimum Gasteiger partial charge on any atom is -0.462 e. The molecule has 2 rings (SSSR count). The molecule has 0 unspecified atom stereocenters. The van der Waals surface area contributed by atoms with Crippen molar-refractivity contribution in [3.63, 3.8) is 0 Å². The van der Waals surface area contributed by atoms with E-state index in [1.165, 1.54) is 6.07 Å². The molecular formula is C25H30N2O6. The summed E-state index contributed by atoms with van der Waals surface area (Å²) in [6.45, 7) is 3.95. The molecular weight excluding hydrogens is 424 g/mol. The number of hydrogen-bond donors (Lipinski definition) is 2. The number of hydrogen-bond acceptors (Lipinski definition) is 6. The van der Waals surface area contributed by atoms with E-state index in [4.69, 9.17) is 9.47 Å². The van der Waals surface area contributed by atoms with Crippen molar-refractivity contribution in [1.29, 1.82) is 0 Å². The summed E-state index contributed by atoms with van der Waals surface area (Å²) in [5.74, 6) is -1.99. The number of ether oxygens (including phenoxy) is 2. The average molecular weight is 455 g/mol. The van der Waals surface area contributed by atoms with Crippen molar-refractivity contribution in [1.82, 2.24) is 0 Å². The van der Waals surface area contributed by atoms with E-state index < -0.39 is 30.4 Å². The van der Waals surface area contributed by atoms with Gasteiger partial charge >= 0.3 is 11.9 Å². The van der Waals surface area contributed by atoms with E-state index in [9.17, 15) is 19.2 Å². The minimum absolute atomic E-state index is 0.121. The lowest BCUT2D eigenvalue weighted by molar-refractivity contribution is -0.147. The first-order valence-electron chi connectivity index (χ1n) is 11.0. The molecule has 0 aliphatic rings. The van der Waals surface area contributed by atoms with Gasteiger partial charge < -0.3 is 20.1 Å². The summed E-state index contributed by atoms with van der Waals surface area (Å²) in [6.07, 6.45) is 2.30. The summed E-state index contributed by atoms with van der Waals surface area (Å²) in [5, 5.41) is 5.28. The van der Waals surface area contributed by atoms with Gasteiger partial charge in [-0.1, -0.05) is 38.5 Å². The van der Waals surface area contributed by atoms with Crippen molar-refractivity contribution in [3.8, 4) is 0 Å². The Balaban J connectivity index is 1.71. The summed E-state index contributed by atoms with van der Waals surface area (Å²) >= 11 is 0. The highest BCUT2D eigenvalue weighted by molar-refractivity contribution is 5.96. The zero-order valence-electron chi connectivity index (χ0n) is 19.0. The number of benzene rings is 2. The van der Waals surface area contributed by atoms with Crippen molar-refractivity contribution in [2.45, 2.75) is 46.0 Å². The smallest absolute Gasteiger partial charge is 0.338 e. The first kappa shape index (κ1) is 25.6. The molecule has 0 heterocycles. The van der Waals surface area contributed by atoms with Gasteiger partial charge in [-0.05, 0) is 48.7 Å². The normalized spacial score (nSPS) is 10.2. The van der Waals surface area contributed by atoms with Crippen molar-refractivity contribution in [2.24, 2.45) is 0 Å². The van der Waals surface area contributed by atoms with Crippen LogP contribution in [-0.2, 0) is 30.3 Å². The Morgan fingerprint density at radius 1 is 0.818 bits per heavy atom. The molecule has 0 atom stereocenters. The van der Waals surface area contributed by atoms with Gasteiger partial charge in [0.15, 0.2) is 6.61 Å². The van der Waals surface area contributed by atoms with Gasteiger partial charge in [0, 0.05) is 17.8 Å². The number of unbranched alkanes of at least 4 members (excludes halogenated alkanes) is 1. The van der Waals surface area contributed by atoms with Crippen LogP contribution in [0.2, 0.25) is 0 Å². The first-order chi connectivity index (χ1) is 15.9. The van der Waals surface area contributed by atoms with Gasteiger partial charge in [0.05, 0.1) is 18.6 Å². The number of carbonyl (C=O) groups excluding carboxylic acids is 4. The molecule has 33 heavy (non-hydrogen) atoms. The molecule has 0 aromatic heterocycles. The second-order valence-electron chi connectivity index (χ2n) is 7.38. The Labute approximate surface area is 193 Å². The lowest BCUT2D eigenvalue weighted by Gasteiger charge is -2.09. The molecule has 2 N–H and O–H groups in total. The van der Waals surface area contributed by atoms with Crippen LogP contribution >= 0.6 is 0 Å². The highest BCUT2D eigenvalue weighted by Crippen LogP contribution is 2.13. The molecule has 2 aromatic carbocycles. The maximum absolute atomic E-state index is 12.1. The fraction of sp³-hybridized carbons (Fsp3) is 0.360. The Morgan fingerprint density at radius 2 is 1.55 bits per heavy atom. The van der Waals surface area contributed by atoms with Crippen LogP contribution in [0, 0.1) is 0 Å². The van der Waals surface area contributed by atoms with Crippen LogP contribution in [0.4, 0.5) is 11.4 Å². The molecule has 0 saturated carbocycles. The molecule has 8 heteroatoms. The van der Waals surface area contributed by atoms with Crippen LogP contribution in [0.5, 0.6) is 0 Å². The van der Waals surface area contributed by atoms with E-state index in [0.717, 1.165) is 24.8 Å². The number of amides is 2. The molecule has 0 aliphatic carbocycles. The molecule has 0 fully saturated rings. The van der Waals surface area contributed by atoms with Crippen LogP contribution in [0.3, 0.4) is 0 Å². The maximum atomic E-state index is 12.1. The Hall–Kier alpha value is -3.68. The van der Waals surface area contributed by atoms with Crippen LogP contribution in [0.15, 0.2) is 48.5 Å². The number of esters is 2. The maximum Gasteiger partial charge on any atom is 0.338 e. The van der Waals surface area contributed by atoms with Gasteiger partial charge in [-0.3, -0.25) is 14.4 Å². The largest absolute Gasteiger partial charge is 0.462 e. The third kappa shape index (κ3) is 9.55. The predicted octanol–water partition coefficient (Wildman–Crippen LogP) is 4.11. The molecule has 0 bridgehead atoms.